The molecule has 0 fully saturated rings. The molecule has 2 nitrogen and oxygen atoms in total. The first-order chi connectivity index (χ1) is 10.8. The van der Waals surface area contributed by atoms with E-state index in [1.807, 2.05) is 12.1 Å². The van der Waals surface area contributed by atoms with Gasteiger partial charge in [0.05, 0.1) is 7.11 Å². The monoisotopic (exact) mass is 291 g/mol. The van der Waals surface area contributed by atoms with Crippen LogP contribution < -0.4 is 10.1 Å². The van der Waals surface area contributed by atoms with Gasteiger partial charge in [-0.25, -0.2) is 0 Å². The van der Waals surface area contributed by atoms with Crippen LogP contribution >= 0.6 is 0 Å². The Morgan fingerprint density at radius 1 is 0.909 bits per heavy atom. The highest BCUT2D eigenvalue weighted by molar-refractivity contribution is 5.82. The smallest absolute Gasteiger partial charge is 0.119 e. The molecule has 0 aliphatic heterocycles. The highest BCUT2D eigenvalue weighted by Gasteiger charge is 2.06. The van der Waals surface area contributed by atoms with E-state index in [0.29, 0.717) is 0 Å². The van der Waals surface area contributed by atoms with E-state index in [1.165, 1.54) is 21.9 Å². The Morgan fingerprint density at radius 2 is 1.73 bits per heavy atom. The van der Waals surface area contributed by atoms with Crippen LogP contribution in [-0.2, 0) is 6.54 Å². The number of ether oxygens (including phenoxy) is 1. The lowest BCUT2D eigenvalue weighted by Gasteiger charge is -2.15. The van der Waals surface area contributed by atoms with Crippen molar-refractivity contribution >= 4 is 10.8 Å². The van der Waals surface area contributed by atoms with Gasteiger partial charge in [0.15, 0.2) is 0 Å². The van der Waals surface area contributed by atoms with Gasteiger partial charge in [-0.15, -0.1) is 0 Å². The normalized spacial score (nSPS) is 12.3. The van der Waals surface area contributed by atoms with Gasteiger partial charge in [-0.2, -0.15) is 0 Å². The van der Waals surface area contributed by atoms with Crippen LogP contribution in [0.4, 0.5) is 0 Å². The van der Waals surface area contributed by atoms with Crippen molar-refractivity contribution in [2.24, 2.45) is 0 Å². The zero-order chi connectivity index (χ0) is 15.4. The molecule has 112 valence electrons. The van der Waals surface area contributed by atoms with Crippen molar-refractivity contribution in [1.29, 1.82) is 0 Å². The Kier molecular flexibility index (Phi) is 4.40. The third-order valence-corrected chi connectivity index (χ3v) is 4.02. The fourth-order valence-corrected chi connectivity index (χ4v) is 2.65. The summed E-state index contributed by atoms with van der Waals surface area (Å²) in [5, 5.41) is 6.15. The standard InChI is InChI=1S/C20H21NO/c1-15(18-8-5-9-20(13-18)22-2)21-14-16-10-11-17-6-3-4-7-19(17)12-16/h3-13,15,21H,14H2,1-2H3/t15-/m1/s1. The maximum absolute atomic E-state index is 5.29. The summed E-state index contributed by atoms with van der Waals surface area (Å²) in [5.74, 6) is 0.900. The SMILES string of the molecule is COc1cccc([C@@H](C)NCc2ccc3ccccc3c2)c1. The van der Waals surface area contributed by atoms with Crippen molar-refractivity contribution in [2.45, 2.75) is 19.5 Å². The molecule has 22 heavy (non-hydrogen) atoms. The van der Waals surface area contributed by atoms with E-state index < -0.39 is 0 Å². The molecular formula is C20H21NO. The topological polar surface area (TPSA) is 21.3 Å². The van der Waals surface area contributed by atoms with E-state index in [1.54, 1.807) is 7.11 Å². The van der Waals surface area contributed by atoms with Gasteiger partial charge in [0.1, 0.15) is 5.75 Å². The lowest BCUT2D eigenvalue weighted by Crippen LogP contribution is -2.18. The number of rotatable bonds is 5. The van der Waals surface area contributed by atoms with E-state index in [-0.39, 0.29) is 6.04 Å². The molecule has 0 saturated carbocycles. The molecule has 0 radical (unpaired) electrons. The summed E-state index contributed by atoms with van der Waals surface area (Å²) in [4.78, 5) is 0. The quantitative estimate of drug-likeness (QED) is 0.735. The second-order valence-electron chi connectivity index (χ2n) is 5.56. The molecule has 3 aromatic rings. The second kappa shape index (κ2) is 6.63. The van der Waals surface area contributed by atoms with Crippen LogP contribution in [0.2, 0.25) is 0 Å². The van der Waals surface area contributed by atoms with Crippen molar-refractivity contribution in [1.82, 2.24) is 5.32 Å². The number of benzene rings is 3. The van der Waals surface area contributed by atoms with Crippen LogP contribution in [0.1, 0.15) is 24.1 Å². The van der Waals surface area contributed by atoms with Gasteiger partial charge in [0.25, 0.3) is 0 Å². The molecule has 0 heterocycles. The third-order valence-electron chi connectivity index (χ3n) is 4.02. The molecule has 0 bridgehead atoms. The van der Waals surface area contributed by atoms with Gasteiger partial charge >= 0.3 is 0 Å². The molecule has 0 aromatic heterocycles. The van der Waals surface area contributed by atoms with E-state index in [9.17, 15) is 0 Å². The average molecular weight is 291 g/mol. The Hall–Kier alpha value is -2.32. The summed E-state index contributed by atoms with van der Waals surface area (Å²) in [6, 6.07) is 23.6. The lowest BCUT2D eigenvalue weighted by molar-refractivity contribution is 0.413. The largest absolute Gasteiger partial charge is 0.497 e. The van der Waals surface area contributed by atoms with Gasteiger partial charge in [0, 0.05) is 12.6 Å². The molecule has 3 aromatic carbocycles. The molecule has 3 rings (SSSR count). The first-order valence-corrected chi connectivity index (χ1v) is 7.61. The van der Waals surface area contributed by atoms with Crippen molar-refractivity contribution in [2.75, 3.05) is 7.11 Å². The minimum absolute atomic E-state index is 0.279. The molecule has 0 unspecified atom stereocenters. The van der Waals surface area contributed by atoms with Crippen molar-refractivity contribution in [3.05, 3.63) is 77.9 Å². The Bertz CT molecular complexity index is 766. The maximum atomic E-state index is 5.29. The van der Waals surface area contributed by atoms with Crippen LogP contribution in [0.25, 0.3) is 10.8 Å². The number of methoxy groups -OCH3 is 1. The Labute approximate surface area is 131 Å². The predicted molar refractivity (Wildman–Crippen MR) is 92.2 cm³/mol. The highest BCUT2D eigenvalue weighted by Crippen LogP contribution is 2.20. The molecule has 0 aliphatic carbocycles. The van der Waals surface area contributed by atoms with Gasteiger partial charge in [0.2, 0.25) is 0 Å². The summed E-state index contributed by atoms with van der Waals surface area (Å²) >= 11 is 0. The maximum Gasteiger partial charge on any atom is 0.119 e. The van der Waals surface area contributed by atoms with Gasteiger partial charge < -0.3 is 10.1 Å². The third kappa shape index (κ3) is 3.29. The van der Waals surface area contributed by atoms with Crippen LogP contribution in [0.3, 0.4) is 0 Å². The van der Waals surface area contributed by atoms with Gasteiger partial charge in [-0.05, 0) is 47.0 Å². The lowest BCUT2D eigenvalue weighted by atomic mass is 10.1. The first-order valence-electron chi connectivity index (χ1n) is 7.61. The zero-order valence-corrected chi connectivity index (χ0v) is 13.0. The van der Waals surface area contributed by atoms with Crippen molar-refractivity contribution in [3.63, 3.8) is 0 Å². The summed E-state index contributed by atoms with van der Waals surface area (Å²) in [5.41, 5.74) is 2.54. The zero-order valence-electron chi connectivity index (χ0n) is 13.0. The molecule has 2 heteroatoms. The Morgan fingerprint density at radius 3 is 2.55 bits per heavy atom. The molecule has 0 saturated heterocycles. The average Bonchev–Trinajstić information content (AvgIpc) is 2.59. The number of nitrogens with one attached hydrogen (secondary N) is 1. The summed E-state index contributed by atoms with van der Waals surface area (Å²) in [6.07, 6.45) is 0. The van der Waals surface area contributed by atoms with E-state index in [0.717, 1.165) is 12.3 Å². The highest BCUT2D eigenvalue weighted by atomic mass is 16.5. The van der Waals surface area contributed by atoms with Crippen molar-refractivity contribution < 1.29 is 4.74 Å². The van der Waals surface area contributed by atoms with Crippen LogP contribution in [-0.4, -0.2) is 7.11 Å². The summed E-state index contributed by atoms with van der Waals surface area (Å²) in [7, 11) is 1.70. The summed E-state index contributed by atoms with van der Waals surface area (Å²) < 4.78 is 5.29. The molecular weight excluding hydrogens is 270 g/mol. The molecule has 1 atom stereocenters. The van der Waals surface area contributed by atoms with Crippen molar-refractivity contribution in [3.8, 4) is 5.75 Å². The van der Waals surface area contributed by atoms with Crippen LogP contribution in [0.15, 0.2) is 66.7 Å². The minimum atomic E-state index is 0.279. The second-order valence-corrected chi connectivity index (χ2v) is 5.56. The molecule has 0 spiro atoms. The molecule has 0 amide bonds. The Balaban J connectivity index is 1.70. The van der Waals surface area contributed by atoms with E-state index in [4.69, 9.17) is 4.74 Å². The van der Waals surface area contributed by atoms with Crippen LogP contribution in [0, 0.1) is 0 Å². The fourth-order valence-electron chi connectivity index (χ4n) is 2.65. The fraction of sp³-hybridized carbons (Fsp3) is 0.200. The van der Waals surface area contributed by atoms with E-state index >= 15 is 0 Å². The first kappa shape index (κ1) is 14.6. The summed E-state index contributed by atoms with van der Waals surface area (Å²) in [6.45, 7) is 3.03. The number of hydrogen-bond acceptors (Lipinski definition) is 2. The number of hydrogen-bond donors (Lipinski definition) is 1. The minimum Gasteiger partial charge on any atom is -0.497 e. The number of fused-ring (bicyclic) bond motifs is 1. The van der Waals surface area contributed by atoms with E-state index in [2.05, 4.69) is 66.8 Å². The molecule has 0 aliphatic rings. The predicted octanol–water partition coefficient (Wildman–Crippen LogP) is 4.70. The van der Waals surface area contributed by atoms with Crippen LogP contribution in [0.5, 0.6) is 5.75 Å². The van der Waals surface area contributed by atoms with Gasteiger partial charge in [-0.3, -0.25) is 0 Å². The van der Waals surface area contributed by atoms with Gasteiger partial charge in [-0.1, -0.05) is 48.5 Å². The molecule has 1 N–H and O–H groups in total.